The quantitative estimate of drug-likeness (QED) is 0.740. The molecule has 82 valence electrons. The molecule has 0 aliphatic rings. The zero-order valence-electron chi connectivity index (χ0n) is 9.57. The minimum Gasteiger partial charge on any atom is -0.295 e. The average molecular weight is 231 g/mol. The van der Waals surface area contributed by atoms with Crippen molar-refractivity contribution in [2.24, 2.45) is 0 Å². The van der Waals surface area contributed by atoms with Crippen LogP contribution in [0.4, 0.5) is 0 Å². The minimum absolute atomic E-state index is 0.549. The molecule has 2 nitrogen and oxygen atoms in total. The molecule has 0 fully saturated rings. The molecule has 0 radical (unpaired) electrons. The molecule has 0 N–H and O–H groups in total. The highest BCUT2D eigenvalue weighted by Crippen LogP contribution is 2.29. The fourth-order valence-corrected chi connectivity index (χ4v) is 2.46. The Labute approximate surface area is 99.0 Å². The van der Waals surface area contributed by atoms with Crippen LogP contribution in [0.3, 0.4) is 0 Å². The SMILES string of the molecule is Cc1ccc(C)c(-c2nc(C=O)sc2C)c1. The largest absolute Gasteiger partial charge is 0.295 e. The van der Waals surface area contributed by atoms with E-state index in [1.807, 2.05) is 6.92 Å². The number of thiazole rings is 1. The first-order valence-electron chi connectivity index (χ1n) is 5.12. The number of aldehydes is 1. The van der Waals surface area contributed by atoms with Crippen LogP contribution in [-0.4, -0.2) is 11.3 Å². The lowest BCUT2D eigenvalue weighted by Gasteiger charge is -2.05. The van der Waals surface area contributed by atoms with Crippen molar-refractivity contribution in [3.63, 3.8) is 0 Å². The third kappa shape index (κ3) is 1.91. The highest BCUT2D eigenvalue weighted by atomic mass is 32.1. The van der Waals surface area contributed by atoms with Crippen LogP contribution >= 0.6 is 11.3 Å². The maximum atomic E-state index is 10.7. The molecule has 0 spiro atoms. The first-order valence-corrected chi connectivity index (χ1v) is 5.93. The first kappa shape index (κ1) is 11.0. The van der Waals surface area contributed by atoms with Crippen LogP contribution in [-0.2, 0) is 0 Å². The molecular formula is C13H13NOS. The molecular weight excluding hydrogens is 218 g/mol. The summed E-state index contributed by atoms with van der Waals surface area (Å²) in [5.41, 5.74) is 4.47. The molecule has 3 heteroatoms. The number of hydrogen-bond acceptors (Lipinski definition) is 3. The van der Waals surface area contributed by atoms with E-state index in [4.69, 9.17) is 0 Å². The van der Waals surface area contributed by atoms with Gasteiger partial charge in [0.2, 0.25) is 0 Å². The van der Waals surface area contributed by atoms with E-state index in [-0.39, 0.29) is 0 Å². The third-order valence-corrected chi connectivity index (χ3v) is 3.46. The van der Waals surface area contributed by atoms with Crippen LogP contribution in [0.15, 0.2) is 18.2 Å². The van der Waals surface area contributed by atoms with E-state index in [1.54, 1.807) is 0 Å². The van der Waals surface area contributed by atoms with Gasteiger partial charge in [0.1, 0.15) is 0 Å². The molecule has 0 saturated heterocycles. The zero-order chi connectivity index (χ0) is 11.7. The molecule has 1 heterocycles. The average Bonchev–Trinajstić information content (AvgIpc) is 2.63. The number of carbonyl (C=O) groups excluding carboxylic acids is 1. The Morgan fingerprint density at radius 2 is 2.00 bits per heavy atom. The predicted molar refractivity (Wildman–Crippen MR) is 67.1 cm³/mol. The van der Waals surface area contributed by atoms with Gasteiger partial charge in [-0.2, -0.15) is 0 Å². The van der Waals surface area contributed by atoms with E-state index in [0.717, 1.165) is 22.4 Å². The number of hydrogen-bond donors (Lipinski definition) is 0. The predicted octanol–water partition coefficient (Wildman–Crippen LogP) is 3.55. The van der Waals surface area contributed by atoms with E-state index in [2.05, 4.69) is 37.0 Å². The number of aromatic nitrogens is 1. The van der Waals surface area contributed by atoms with Crippen LogP contribution in [0.2, 0.25) is 0 Å². The summed E-state index contributed by atoms with van der Waals surface area (Å²) in [5.74, 6) is 0. The Morgan fingerprint density at radius 1 is 1.25 bits per heavy atom. The Kier molecular flexibility index (Phi) is 2.88. The molecule has 0 saturated carbocycles. The third-order valence-electron chi connectivity index (χ3n) is 2.56. The molecule has 0 bridgehead atoms. The van der Waals surface area contributed by atoms with Crippen molar-refractivity contribution in [2.45, 2.75) is 20.8 Å². The van der Waals surface area contributed by atoms with Gasteiger partial charge in [0.15, 0.2) is 11.3 Å². The van der Waals surface area contributed by atoms with Gasteiger partial charge in [0.25, 0.3) is 0 Å². The molecule has 1 aromatic heterocycles. The van der Waals surface area contributed by atoms with Gasteiger partial charge >= 0.3 is 0 Å². The summed E-state index contributed by atoms with van der Waals surface area (Å²) in [6, 6.07) is 6.29. The van der Waals surface area contributed by atoms with E-state index >= 15 is 0 Å². The lowest BCUT2D eigenvalue weighted by Crippen LogP contribution is -1.87. The number of rotatable bonds is 2. The second-order valence-electron chi connectivity index (χ2n) is 3.89. The highest BCUT2D eigenvalue weighted by Gasteiger charge is 2.11. The van der Waals surface area contributed by atoms with Crippen molar-refractivity contribution in [2.75, 3.05) is 0 Å². The van der Waals surface area contributed by atoms with Gasteiger partial charge in [0.05, 0.1) is 5.69 Å². The van der Waals surface area contributed by atoms with Gasteiger partial charge in [-0.15, -0.1) is 11.3 Å². The number of benzene rings is 1. The van der Waals surface area contributed by atoms with Crippen LogP contribution in [0.5, 0.6) is 0 Å². The van der Waals surface area contributed by atoms with Crippen molar-refractivity contribution in [1.82, 2.24) is 4.98 Å². The molecule has 2 aromatic rings. The van der Waals surface area contributed by atoms with Gasteiger partial charge in [0, 0.05) is 10.4 Å². The number of nitrogens with zero attached hydrogens (tertiary/aromatic N) is 1. The van der Waals surface area contributed by atoms with E-state index in [0.29, 0.717) is 5.01 Å². The van der Waals surface area contributed by atoms with E-state index in [9.17, 15) is 4.79 Å². The Hall–Kier alpha value is -1.48. The van der Waals surface area contributed by atoms with Crippen LogP contribution in [0.25, 0.3) is 11.3 Å². The molecule has 2 rings (SSSR count). The fourth-order valence-electron chi connectivity index (χ4n) is 1.71. The molecule has 1 aromatic carbocycles. The van der Waals surface area contributed by atoms with Gasteiger partial charge < -0.3 is 0 Å². The first-order chi connectivity index (χ1) is 7.61. The van der Waals surface area contributed by atoms with Crippen LogP contribution in [0, 0.1) is 20.8 Å². The minimum atomic E-state index is 0.549. The van der Waals surface area contributed by atoms with Crippen molar-refractivity contribution in [3.05, 3.63) is 39.2 Å². The Bertz CT molecular complexity index is 543. The molecule has 16 heavy (non-hydrogen) atoms. The normalized spacial score (nSPS) is 10.4. The smallest absolute Gasteiger partial charge is 0.178 e. The maximum absolute atomic E-state index is 10.7. The summed E-state index contributed by atoms with van der Waals surface area (Å²) in [4.78, 5) is 16.1. The van der Waals surface area contributed by atoms with E-state index in [1.165, 1.54) is 22.5 Å². The molecule has 0 aliphatic carbocycles. The lowest BCUT2D eigenvalue weighted by molar-refractivity contribution is 0.112. The van der Waals surface area contributed by atoms with Crippen molar-refractivity contribution < 1.29 is 4.79 Å². The van der Waals surface area contributed by atoms with Gasteiger partial charge in [-0.25, -0.2) is 4.98 Å². The summed E-state index contributed by atoms with van der Waals surface area (Å²) < 4.78 is 0. The monoisotopic (exact) mass is 231 g/mol. The zero-order valence-corrected chi connectivity index (χ0v) is 10.4. The van der Waals surface area contributed by atoms with Crippen molar-refractivity contribution >= 4 is 17.6 Å². The van der Waals surface area contributed by atoms with Gasteiger partial charge in [-0.3, -0.25) is 4.79 Å². The maximum Gasteiger partial charge on any atom is 0.178 e. The highest BCUT2D eigenvalue weighted by molar-refractivity contribution is 7.13. The lowest BCUT2D eigenvalue weighted by atomic mass is 10.0. The topological polar surface area (TPSA) is 30.0 Å². The summed E-state index contributed by atoms with van der Waals surface area (Å²) in [6.07, 6.45) is 0.812. The number of carbonyl (C=O) groups is 1. The van der Waals surface area contributed by atoms with Gasteiger partial charge in [-0.1, -0.05) is 17.7 Å². The second kappa shape index (κ2) is 4.18. The standard InChI is InChI=1S/C13H13NOS/c1-8-4-5-9(2)11(6-8)13-10(3)16-12(7-15)14-13/h4-7H,1-3H3. The summed E-state index contributed by atoms with van der Waals surface area (Å²) >= 11 is 1.44. The molecule has 0 unspecified atom stereocenters. The Balaban J connectivity index is 2.61. The van der Waals surface area contributed by atoms with E-state index < -0.39 is 0 Å². The fraction of sp³-hybridized carbons (Fsp3) is 0.231. The van der Waals surface area contributed by atoms with Crippen molar-refractivity contribution in [3.8, 4) is 11.3 Å². The van der Waals surface area contributed by atoms with Crippen LogP contribution in [0.1, 0.15) is 25.8 Å². The summed E-state index contributed by atoms with van der Waals surface area (Å²) in [5, 5.41) is 0.549. The molecule has 0 aliphatic heterocycles. The second-order valence-corrected chi connectivity index (χ2v) is 5.13. The summed E-state index contributed by atoms with van der Waals surface area (Å²) in [7, 11) is 0. The number of aryl methyl sites for hydroxylation is 3. The molecule has 0 atom stereocenters. The Morgan fingerprint density at radius 3 is 2.62 bits per heavy atom. The van der Waals surface area contributed by atoms with Crippen molar-refractivity contribution in [1.29, 1.82) is 0 Å². The summed E-state index contributed by atoms with van der Waals surface area (Å²) in [6.45, 7) is 6.13. The van der Waals surface area contributed by atoms with Gasteiger partial charge in [-0.05, 0) is 32.4 Å². The van der Waals surface area contributed by atoms with Crippen LogP contribution < -0.4 is 0 Å². The molecule has 0 amide bonds.